The summed E-state index contributed by atoms with van der Waals surface area (Å²) in [6.45, 7) is 8.16. The molecule has 4 heteroatoms. The van der Waals surface area contributed by atoms with Crippen molar-refractivity contribution in [1.29, 1.82) is 0 Å². The van der Waals surface area contributed by atoms with Gasteiger partial charge in [-0.05, 0) is 39.3 Å². The number of hydrogen-bond acceptors (Lipinski definition) is 4. The first-order chi connectivity index (χ1) is 9.08. The highest BCUT2D eigenvalue weighted by Crippen LogP contribution is 2.38. The maximum absolute atomic E-state index is 11.7. The molecule has 0 aliphatic heterocycles. The molecule has 0 N–H and O–H groups in total. The lowest BCUT2D eigenvalue weighted by Gasteiger charge is -2.17. The van der Waals surface area contributed by atoms with Crippen molar-refractivity contribution in [3.63, 3.8) is 0 Å². The Bertz CT molecular complexity index is 413. The molecule has 19 heavy (non-hydrogen) atoms. The van der Waals surface area contributed by atoms with Gasteiger partial charge in [0.15, 0.2) is 11.5 Å². The lowest BCUT2D eigenvalue weighted by Crippen LogP contribution is -2.12. The van der Waals surface area contributed by atoms with Crippen LogP contribution in [0.2, 0.25) is 0 Å². The zero-order valence-corrected chi connectivity index (χ0v) is 12.1. The molecular formula is C15H22O4. The maximum atomic E-state index is 11.7. The fourth-order valence-electron chi connectivity index (χ4n) is 1.58. The zero-order valence-electron chi connectivity index (χ0n) is 12.1. The number of para-hydroxylation sites is 1. The van der Waals surface area contributed by atoms with Gasteiger partial charge in [0.2, 0.25) is 5.75 Å². The lowest BCUT2D eigenvalue weighted by molar-refractivity contribution is -0.134. The summed E-state index contributed by atoms with van der Waals surface area (Å²) in [6, 6.07) is 5.36. The monoisotopic (exact) mass is 266 g/mol. The Kier molecular flexibility index (Phi) is 6.19. The van der Waals surface area contributed by atoms with E-state index in [0.29, 0.717) is 30.3 Å². The van der Waals surface area contributed by atoms with Crippen LogP contribution in [0.1, 0.15) is 40.5 Å². The molecule has 0 atom stereocenters. The average Bonchev–Trinajstić information content (AvgIpc) is 2.33. The Morgan fingerprint density at radius 2 is 1.89 bits per heavy atom. The number of ether oxygens (including phenoxy) is 3. The quantitative estimate of drug-likeness (QED) is 0.559. The van der Waals surface area contributed by atoms with Crippen LogP contribution >= 0.6 is 0 Å². The molecule has 1 aromatic rings. The largest absolute Gasteiger partial charge is 0.490 e. The molecule has 0 bridgehead atoms. The van der Waals surface area contributed by atoms with Crippen LogP contribution in [0.3, 0.4) is 0 Å². The van der Waals surface area contributed by atoms with Crippen LogP contribution in [0.4, 0.5) is 0 Å². The number of rotatable bonds is 7. The van der Waals surface area contributed by atoms with Gasteiger partial charge < -0.3 is 14.2 Å². The van der Waals surface area contributed by atoms with E-state index >= 15 is 0 Å². The van der Waals surface area contributed by atoms with Crippen LogP contribution in [0.15, 0.2) is 18.2 Å². The standard InChI is InChI=1S/C15H22O4/c1-5-8-14(16)19-15-12(17-6-2)9-7-10-13(15)18-11(3)4/h7,9-11H,5-6,8H2,1-4H3. The first-order valence-corrected chi connectivity index (χ1v) is 6.71. The van der Waals surface area contributed by atoms with Crippen molar-refractivity contribution in [1.82, 2.24) is 0 Å². The summed E-state index contributed by atoms with van der Waals surface area (Å²) in [6.07, 6.45) is 1.12. The van der Waals surface area contributed by atoms with E-state index < -0.39 is 0 Å². The molecule has 106 valence electrons. The Hall–Kier alpha value is -1.71. The summed E-state index contributed by atoms with van der Waals surface area (Å²) in [5.74, 6) is 1.16. The molecule has 0 saturated carbocycles. The molecule has 0 fully saturated rings. The highest BCUT2D eigenvalue weighted by atomic mass is 16.6. The third-order valence-electron chi connectivity index (χ3n) is 2.28. The van der Waals surface area contributed by atoms with E-state index in [1.807, 2.05) is 33.8 Å². The van der Waals surface area contributed by atoms with Crippen LogP contribution in [0.5, 0.6) is 17.2 Å². The fraction of sp³-hybridized carbons (Fsp3) is 0.533. The topological polar surface area (TPSA) is 44.8 Å². The maximum Gasteiger partial charge on any atom is 0.311 e. The predicted octanol–water partition coefficient (Wildman–Crippen LogP) is 3.58. The van der Waals surface area contributed by atoms with E-state index in [2.05, 4.69) is 0 Å². The normalized spacial score (nSPS) is 10.4. The molecule has 0 unspecified atom stereocenters. The molecular weight excluding hydrogens is 244 g/mol. The van der Waals surface area contributed by atoms with Crippen molar-refractivity contribution < 1.29 is 19.0 Å². The van der Waals surface area contributed by atoms with Crippen molar-refractivity contribution >= 4 is 5.97 Å². The highest BCUT2D eigenvalue weighted by Gasteiger charge is 2.16. The highest BCUT2D eigenvalue weighted by molar-refractivity contribution is 5.74. The van der Waals surface area contributed by atoms with Gasteiger partial charge in [-0.3, -0.25) is 4.79 Å². The Balaban J connectivity index is 3.02. The van der Waals surface area contributed by atoms with Crippen LogP contribution in [-0.4, -0.2) is 18.7 Å². The summed E-state index contributed by atoms with van der Waals surface area (Å²) >= 11 is 0. The molecule has 0 aliphatic rings. The van der Waals surface area contributed by atoms with E-state index in [9.17, 15) is 4.79 Å². The van der Waals surface area contributed by atoms with Crippen LogP contribution in [-0.2, 0) is 4.79 Å². The molecule has 0 aliphatic carbocycles. The average molecular weight is 266 g/mol. The second kappa shape index (κ2) is 7.67. The molecule has 1 rings (SSSR count). The summed E-state index contributed by atoms with van der Waals surface area (Å²) in [7, 11) is 0. The van der Waals surface area contributed by atoms with E-state index in [1.165, 1.54) is 0 Å². The molecule has 0 radical (unpaired) electrons. The van der Waals surface area contributed by atoms with Crippen molar-refractivity contribution in [2.45, 2.75) is 46.6 Å². The Morgan fingerprint density at radius 1 is 1.21 bits per heavy atom. The number of benzene rings is 1. The van der Waals surface area contributed by atoms with Crippen LogP contribution in [0, 0.1) is 0 Å². The minimum absolute atomic E-state index is 0.000466. The third-order valence-corrected chi connectivity index (χ3v) is 2.28. The van der Waals surface area contributed by atoms with Gasteiger partial charge >= 0.3 is 5.97 Å². The third kappa shape index (κ3) is 4.81. The van der Waals surface area contributed by atoms with E-state index in [0.717, 1.165) is 6.42 Å². The minimum Gasteiger partial charge on any atom is -0.490 e. The number of carbonyl (C=O) groups is 1. The van der Waals surface area contributed by atoms with Gasteiger partial charge in [-0.25, -0.2) is 0 Å². The molecule has 0 spiro atoms. The molecule has 0 heterocycles. The summed E-state index contributed by atoms with van der Waals surface area (Å²) in [4.78, 5) is 11.7. The van der Waals surface area contributed by atoms with Gasteiger partial charge in [0.25, 0.3) is 0 Å². The summed E-state index contributed by atoms with van der Waals surface area (Å²) in [5, 5.41) is 0. The van der Waals surface area contributed by atoms with Gasteiger partial charge in [-0.1, -0.05) is 13.0 Å². The van der Waals surface area contributed by atoms with Crippen molar-refractivity contribution in [2.24, 2.45) is 0 Å². The second-order valence-electron chi connectivity index (χ2n) is 4.41. The van der Waals surface area contributed by atoms with Crippen LogP contribution in [0.25, 0.3) is 0 Å². The van der Waals surface area contributed by atoms with Gasteiger partial charge in [-0.2, -0.15) is 0 Å². The smallest absolute Gasteiger partial charge is 0.311 e. The van der Waals surface area contributed by atoms with E-state index in [4.69, 9.17) is 14.2 Å². The molecule has 4 nitrogen and oxygen atoms in total. The Labute approximate surface area is 114 Å². The number of carbonyl (C=O) groups excluding carboxylic acids is 1. The lowest BCUT2D eigenvalue weighted by atomic mass is 10.2. The SMILES string of the molecule is CCCC(=O)Oc1c(OCC)cccc1OC(C)C. The van der Waals surface area contributed by atoms with Crippen molar-refractivity contribution in [3.8, 4) is 17.2 Å². The molecule has 1 aromatic carbocycles. The Morgan fingerprint density at radius 3 is 2.47 bits per heavy atom. The first kappa shape index (κ1) is 15.3. The minimum atomic E-state index is -0.275. The summed E-state index contributed by atoms with van der Waals surface area (Å²) < 4.78 is 16.5. The van der Waals surface area contributed by atoms with Gasteiger partial charge in [0.1, 0.15) is 0 Å². The second-order valence-corrected chi connectivity index (χ2v) is 4.41. The molecule has 0 saturated heterocycles. The number of esters is 1. The van der Waals surface area contributed by atoms with E-state index in [-0.39, 0.29) is 12.1 Å². The van der Waals surface area contributed by atoms with Gasteiger partial charge in [-0.15, -0.1) is 0 Å². The molecule has 0 amide bonds. The van der Waals surface area contributed by atoms with Gasteiger partial charge in [0, 0.05) is 6.42 Å². The predicted molar refractivity (Wildman–Crippen MR) is 73.9 cm³/mol. The van der Waals surface area contributed by atoms with Crippen molar-refractivity contribution in [2.75, 3.05) is 6.61 Å². The van der Waals surface area contributed by atoms with Crippen LogP contribution < -0.4 is 14.2 Å². The fourth-order valence-corrected chi connectivity index (χ4v) is 1.58. The zero-order chi connectivity index (χ0) is 14.3. The number of hydrogen-bond donors (Lipinski definition) is 0. The van der Waals surface area contributed by atoms with Crippen molar-refractivity contribution in [3.05, 3.63) is 18.2 Å². The summed E-state index contributed by atoms with van der Waals surface area (Å²) in [5.41, 5.74) is 0. The molecule has 0 aromatic heterocycles. The van der Waals surface area contributed by atoms with E-state index in [1.54, 1.807) is 12.1 Å². The first-order valence-electron chi connectivity index (χ1n) is 6.71. The van der Waals surface area contributed by atoms with Gasteiger partial charge in [0.05, 0.1) is 12.7 Å².